The van der Waals surface area contributed by atoms with Gasteiger partial charge in [-0.1, -0.05) is 22.9 Å². The Hall–Kier alpha value is -0.540. The lowest BCUT2D eigenvalue weighted by molar-refractivity contribution is 0.244. The second-order valence-corrected chi connectivity index (χ2v) is 6.81. The minimum absolute atomic E-state index is 0.169. The van der Waals surface area contributed by atoms with Gasteiger partial charge in [0.2, 0.25) is 0 Å². The van der Waals surface area contributed by atoms with Crippen molar-refractivity contribution in [2.45, 2.75) is 40.2 Å². The fraction of sp³-hybridized carbons (Fsp3) is 0.600. The van der Waals surface area contributed by atoms with Crippen molar-refractivity contribution in [1.82, 2.24) is 5.32 Å². The van der Waals surface area contributed by atoms with E-state index < -0.39 is 0 Å². The zero-order chi connectivity index (χ0) is 13.8. The van der Waals surface area contributed by atoms with Crippen molar-refractivity contribution >= 4 is 15.9 Å². The number of rotatable bonds is 5. The van der Waals surface area contributed by atoms with Crippen molar-refractivity contribution in [3.8, 4) is 5.75 Å². The topological polar surface area (TPSA) is 21.3 Å². The fourth-order valence-electron chi connectivity index (χ4n) is 1.48. The van der Waals surface area contributed by atoms with Crippen LogP contribution in [0.5, 0.6) is 5.75 Å². The fourth-order valence-corrected chi connectivity index (χ4v) is 1.73. The molecule has 1 aromatic rings. The van der Waals surface area contributed by atoms with Crippen molar-refractivity contribution in [1.29, 1.82) is 0 Å². The van der Waals surface area contributed by atoms with Gasteiger partial charge in [-0.25, -0.2) is 0 Å². The van der Waals surface area contributed by atoms with Crippen LogP contribution in [-0.2, 0) is 0 Å². The Labute approximate surface area is 119 Å². The third kappa shape index (κ3) is 5.87. The largest absolute Gasteiger partial charge is 0.493 e. The van der Waals surface area contributed by atoms with Gasteiger partial charge < -0.3 is 10.1 Å². The minimum Gasteiger partial charge on any atom is -0.493 e. The second-order valence-electron chi connectivity index (χ2n) is 5.96. The first-order valence-electron chi connectivity index (χ1n) is 6.42. The minimum atomic E-state index is 0.169. The summed E-state index contributed by atoms with van der Waals surface area (Å²) < 4.78 is 6.93. The number of ether oxygens (including phenoxy) is 1. The first-order chi connectivity index (χ1) is 8.28. The smallest absolute Gasteiger partial charge is 0.119 e. The van der Waals surface area contributed by atoms with Crippen LogP contribution in [0.1, 0.15) is 33.3 Å². The van der Waals surface area contributed by atoms with Crippen LogP contribution in [0.4, 0.5) is 0 Å². The van der Waals surface area contributed by atoms with Crippen molar-refractivity contribution in [3.63, 3.8) is 0 Å². The third-order valence-corrected chi connectivity index (χ3v) is 3.53. The Morgan fingerprint density at radius 2 is 2.00 bits per heavy atom. The van der Waals surface area contributed by atoms with Crippen LogP contribution < -0.4 is 10.1 Å². The number of aryl methyl sites for hydroxylation is 1. The Kier molecular flexibility index (Phi) is 5.67. The Morgan fingerprint density at radius 1 is 1.33 bits per heavy atom. The summed E-state index contributed by atoms with van der Waals surface area (Å²) in [6.07, 6.45) is 0. The normalized spacial score (nSPS) is 13.4. The number of hydrogen-bond donors (Lipinski definition) is 1. The van der Waals surface area contributed by atoms with E-state index in [1.165, 1.54) is 5.56 Å². The predicted octanol–water partition coefficient (Wildman–Crippen LogP) is 4.16. The van der Waals surface area contributed by atoms with E-state index in [4.69, 9.17) is 4.74 Å². The van der Waals surface area contributed by atoms with Crippen LogP contribution in [0.25, 0.3) is 0 Å². The molecule has 0 spiro atoms. The van der Waals surface area contributed by atoms with Crippen LogP contribution in [0.3, 0.4) is 0 Å². The van der Waals surface area contributed by atoms with Gasteiger partial charge in [-0.3, -0.25) is 0 Å². The van der Waals surface area contributed by atoms with Crippen LogP contribution >= 0.6 is 15.9 Å². The molecule has 1 rings (SSSR count). The number of halogens is 1. The lowest BCUT2D eigenvalue weighted by Crippen LogP contribution is -2.39. The van der Waals surface area contributed by atoms with Gasteiger partial charge in [0.1, 0.15) is 5.75 Å². The van der Waals surface area contributed by atoms with Crippen LogP contribution in [0, 0.1) is 12.8 Å². The highest BCUT2D eigenvalue weighted by molar-refractivity contribution is 9.10. The van der Waals surface area contributed by atoms with E-state index in [1.54, 1.807) is 0 Å². The summed E-state index contributed by atoms with van der Waals surface area (Å²) in [6.45, 7) is 12.5. The molecule has 0 saturated heterocycles. The summed E-state index contributed by atoms with van der Waals surface area (Å²) in [5, 5.41) is 3.49. The van der Waals surface area contributed by atoms with Gasteiger partial charge in [-0.05, 0) is 51.5 Å². The van der Waals surface area contributed by atoms with Crippen molar-refractivity contribution in [2.24, 2.45) is 5.92 Å². The van der Waals surface area contributed by atoms with Gasteiger partial charge >= 0.3 is 0 Å². The van der Waals surface area contributed by atoms with Crippen LogP contribution in [0.2, 0.25) is 0 Å². The van der Waals surface area contributed by atoms with E-state index in [-0.39, 0.29) is 5.54 Å². The second kappa shape index (κ2) is 6.58. The molecule has 18 heavy (non-hydrogen) atoms. The van der Waals surface area contributed by atoms with Crippen LogP contribution in [-0.4, -0.2) is 18.7 Å². The Balaban J connectivity index is 2.38. The molecule has 0 amide bonds. The molecule has 0 aliphatic heterocycles. The molecule has 0 aromatic heterocycles. The standard InChI is InChI=1S/C15H24BrNO/c1-11(9-17-15(3,4)5)10-18-13-6-7-14(16)12(2)8-13/h6-8,11,17H,9-10H2,1-5H3. The predicted molar refractivity (Wildman–Crippen MR) is 81.3 cm³/mol. The molecule has 3 heteroatoms. The molecule has 102 valence electrons. The van der Waals surface area contributed by atoms with Gasteiger partial charge in [0.25, 0.3) is 0 Å². The van der Waals surface area contributed by atoms with Crippen molar-refractivity contribution in [2.75, 3.05) is 13.2 Å². The summed E-state index contributed by atoms with van der Waals surface area (Å²) in [5.41, 5.74) is 1.37. The molecule has 0 aliphatic rings. The Bertz CT molecular complexity index is 385. The monoisotopic (exact) mass is 313 g/mol. The summed E-state index contributed by atoms with van der Waals surface area (Å²) in [4.78, 5) is 0. The van der Waals surface area contributed by atoms with Gasteiger partial charge in [0.05, 0.1) is 6.61 Å². The van der Waals surface area contributed by atoms with Crippen molar-refractivity contribution < 1.29 is 4.74 Å². The molecular formula is C15H24BrNO. The average Bonchev–Trinajstić information content (AvgIpc) is 2.27. The molecule has 0 saturated carbocycles. The van der Waals surface area contributed by atoms with E-state index in [0.29, 0.717) is 5.92 Å². The Morgan fingerprint density at radius 3 is 2.56 bits per heavy atom. The van der Waals surface area contributed by atoms with Gasteiger partial charge in [0, 0.05) is 22.5 Å². The van der Waals surface area contributed by atoms with Gasteiger partial charge in [-0.2, -0.15) is 0 Å². The molecule has 1 atom stereocenters. The highest BCUT2D eigenvalue weighted by Crippen LogP contribution is 2.21. The molecular weight excluding hydrogens is 290 g/mol. The molecule has 0 bridgehead atoms. The molecule has 0 radical (unpaired) electrons. The summed E-state index contributed by atoms with van der Waals surface area (Å²) in [7, 11) is 0. The van der Waals surface area contributed by atoms with E-state index in [1.807, 2.05) is 12.1 Å². The lowest BCUT2D eigenvalue weighted by atomic mass is 10.1. The van der Waals surface area contributed by atoms with Gasteiger partial charge in [-0.15, -0.1) is 0 Å². The van der Waals surface area contributed by atoms with E-state index in [9.17, 15) is 0 Å². The third-order valence-electron chi connectivity index (χ3n) is 2.64. The maximum atomic E-state index is 5.81. The molecule has 1 unspecified atom stereocenters. The summed E-state index contributed by atoms with van der Waals surface area (Å²) >= 11 is 3.49. The first kappa shape index (κ1) is 15.5. The van der Waals surface area contributed by atoms with Crippen molar-refractivity contribution in [3.05, 3.63) is 28.2 Å². The highest BCUT2D eigenvalue weighted by Gasteiger charge is 2.11. The SMILES string of the molecule is Cc1cc(OCC(C)CNC(C)(C)C)ccc1Br. The quantitative estimate of drug-likeness (QED) is 0.881. The maximum Gasteiger partial charge on any atom is 0.119 e. The number of hydrogen-bond acceptors (Lipinski definition) is 2. The zero-order valence-corrected chi connectivity index (χ0v) is 13.6. The zero-order valence-electron chi connectivity index (χ0n) is 12.0. The molecule has 0 aliphatic carbocycles. The van der Waals surface area contributed by atoms with Crippen LogP contribution in [0.15, 0.2) is 22.7 Å². The van der Waals surface area contributed by atoms with E-state index in [0.717, 1.165) is 23.4 Å². The van der Waals surface area contributed by atoms with E-state index >= 15 is 0 Å². The summed E-state index contributed by atoms with van der Waals surface area (Å²) in [6, 6.07) is 6.09. The molecule has 1 aromatic carbocycles. The van der Waals surface area contributed by atoms with Gasteiger partial charge in [0.15, 0.2) is 0 Å². The molecule has 0 fully saturated rings. The highest BCUT2D eigenvalue weighted by atomic mass is 79.9. The summed E-state index contributed by atoms with van der Waals surface area (Å²) in [5.74, 6) is 1.44. The van der Waals surface area contributed by atoms with E-state index in [2.05, 4.69) is 61.9 Å². The maximum absolute atomic E-state index is 5.81. The number of benzene rings is 1. The molecule has 1 N–H and O–H groups in total. The number of nitrogens with one attached hydrogen (secondary N) is 1. The lowest BCUT2D eigenvalue weighted by Gasteiger charge is -2.23. The first-order valence-corrected chi connectivity index (χ1v) is 7.21. The molecule has 2 nitrogen and oxygen atoms in total. The molecule has 0 heterocycles. The average molecular weight is 314 g/mol.